The number of hydrogen-bond donors (Lipinski definition) is 4. The lowest BCUT2D eigenvalue weighted by molar-refractivity contribution is -0.151. The van der Waals surface area contributed by atoms with E-state index in [0.717, 1.165) is 6.08 Å². The third-order valence-corrected chi connectivity index (χ3v) is 3.74. The normalized spacial score (nSPS) is 18.6. The van der Waals surface area contributed by atoms with Crippen LogP contribution in [-0.2, 0) is 9.59 Å². The second kappa shape index (κ2) is 6.67. The minimum atomic E-state index is -1.40. The van der Waals surface area contributed by atoms with Crippen LogP contribution in [0, 0.1) is 0 Å². The molecular weight excluding hydrogens is 344 g/mol. The summed E-state index contributed by atoms with van der Waals surface area (Å²) in [5.74, 6) is -2.71. The molecule has 134 valence electrons. The Morgan fingerprint density at radius 1 is 0.923 bits per heavy atom. The summed E-state index contributed by atoms with van der Waals surface area (Å²) < 4.78 is 11.3. The topological polar surface area (TPSA) is 134 Å². The molecule has 0 amide bonds. The Balaban J connectivity index is 1.96. The molecule has 1 aliphatic heterocycles. The second-order valence-corrected chi connectivity index (χ2v) is 5.54. The molecule has 2 aromatic carbocycles. The van der Waals surface area contributed by atoms with Gasteiger partial charge in [-0.3, -0.25) is 0 Å². The third-order valence-electron chi connectivity index (χ3n) is 3.74. The molecule has 0 spiro atoms. The zero-order chi connectivity index (χ0) is 18.8. The van der Waals surface area contributed by atoms with E-state index >= 15 is 0 Å². The second-order valence-electron chi connectivity index (χ2n) is 5.54. The molecule has 0 bridgehead atoms. The van der Waals surface area contributed by atoms with Gasteiger partial charge < -0.3 is 29.9 Å². The highest BCUT2D eigenvalue weighted by Crippen LogP contribution is 2.41. The number of carbonyl (C=O) groups is 2. The summed E-state index contributed by atoms with van der Waals surface area (Å²) in [6.07, 6.45) is -0.161. The van der Waals surface area contributed by atoms with E-state index in [1.54, 1.807) is 6.07 Å². The molecule has 3 rings (SSSR count). The van der Waals surface area contributed by atoms with Crippen LogP contribution in [0.4, 0.5) is 0 Å². The molecule has 0 fully saturated rings. The highest BCUT2D eigenvalue weighted by molar-refractivity contribution is 5.85. The van der Waals surface area contributed by atoms with Crippen LogP contribution in [0.1, 0.15) is 17.2 Å². The molecule has 1 heterocycles. The van der Waals surface area contributed by atoms with Crippen LogP contribution in [0.3, 0.4) is 0 Å². The van der Waals surface area contributed by atoms with Crippen LogP contribution < -0.4 is 9.47 Å². The van der Waals surface area contributed by atoms with E-state index in [0.29, 0.717) is 11.1 Å². The zero-order valence-corrected chi connectivity index (χ0v) is 13.2. The molecule has 1 aliphatic rings. The first-order valence-corrected chi connectivity index (χ1v) is 7.48. The van der Waals surface area contributed by atoms with Gasteiger partial charge in [0.05, 0.1) is 0 Å². The number of ether oxygens (including phenoxy) is 2. The average molecular weight is 358 g/mol. The van der Waals surface area contributed by atoms with Gasteiger partial charge in [0, 0.05) is 11.6 Å². The van der Waals surface area contributed by atoms with Crippen LogP contribution in [0.2, 0.25) is 0 Å². The SMILES string of the molecule is O=C(O)/C=C/c1ccc2c(c1)O[C@H](C(=O)O)[C@@H](c1ccc(O)c(O)c1)O2. The van der Waals surface area contributed by atoms with Crippen molar-refractivity contribution in [3.8, 4) is 23.0 Å². The van der Waals surface area contributed by atoms with E-state index in [4.69, 9.17) is 14.6 Å². The lowest BCUT2D eigenvalue weighted by Gasteiger charge is -2.32. The van der Waals surface area contributed by atoms with Gasteiger partial charge >= 0.3 is 11.9 Å². The van der Waals surface area contributed by atoms with Gasteiger partial charge in [-0.25, -0.2) is 9.59 Å². The maximum Gasteiger partial charge on any atom is 0.349 e. The molecular formula is C18H14O8. The Morgan fingerprint density at radius 2 is 1.69 bits per heavy atom. The largest absolute Gasteiger partial charge is 0.504 e. The van der Waals surface area contributed by atoms with Crippen LogP contribution in [0.25, 0.3) is 6.08 Å². The highest BCUT2D eigenvalue weighted by Gasteiger charge is 2.38. The predicted octanol–water partition coefficient (Wildman–Crippen LogP) is 2.16. The van der Waals surface area contributed by atoms with E-state index in [9.17, 15) is 24.9 Å². The fourth-order valence-electron chi connectivity index (χ4n) is 2.52. The number of rotatable bonds is 4. The summed E-state index contributed by atoms with van der Waals surface area (Å²) >= 11 is 0. The van der Waals surface area contributed by atoms with Crippen LogP contribution >= 0.6 is 0 Å². The molecule has 8 heteroatoms. The van der Waals surface area contributed by atoms with Crippen molar-refractivity contribution in [3.05, 3.63) is 53.6 Å². The Hall–Kier alpha value is -3.68. The van der Waals surface area contributed by atoms with Gasteiger partial charge in [0.2, 0.25) is 6.10 Å². The van der Waals surface area contributed by atoms with Gasteiger partial charge in [0.15, 0.2) is 29.1 Å². The molecule has 2 atom stereocenters. The number of aliphatic carboxylic acids is 2. The number of phenolic OH excluding ortho intramolecular Hbond substituents is 2. The molecule has 8 nitrogen and oxygen atoms in total. The van der Waals surface area contributed by atoms with E-state index in [1.807, 2.05) is 0 Å². The number of hydrogen-bond acceptors (Lipinski definition) is 6. The van der Waals surface area contributed by atoms with Gasteiger partial charge in [0.1, 0.15) is 0 Å². The minimum absolute atomic E-state index is 0.157. The van der Waals surface area contributed by atoms with Gasteiger partial charge in [0.25, 0.3) is 0 Å². The predicted molar refractivity (Wildman–Crippen MR) is 88.3 cm³/mol. The molecule has 0 aliphatic carbocycles. The molecule has 0 unspecified atom stereocenters. The first kappa shape index (κ1) is 17.2. The van der Waals surface area contributed by atoms with E-state index in [-0.39, 0.29) is 17.2 Å². The molecule has 0 saturated carbocycles. The van der Waals surface area contributed by atoms with Gasteiger partial charge in [-0.15, -0.1) is 0 Å². The molecule has 0 radical (unpaired) electrons. The fourth-order valence-corrected chi connectivity index (χ4v) is 2.52. The molecule has 26 heavy (non-hydrogen) atoms. The summed E-state index contributed by atoms with van der Waals surface area (Å²) in [5.41, 5.74) is 0.813. The molecule has 0 aromatic heterocycles. The van der Waals surface area contributed by atoms with Crippen molar-refractivity contribution < 1.29 is 39.5 Å². The lowest BCUT2D eigenvalue weighted by Crippen LogP contribution is -2.39. The van der Waals surface area contributed by atoms with Crippen molar-refractivity contribution >= 4 is 18.0 Å². The Bertz CT molecular complexity index is 902. The monoisotopic (exact) mass is 358 g/mol. The van der Waals surface area contributed by atoms with Gasteiger partial charge in [-0.1, -0.05) is 12.1 Å². The first-order chi connectivity index (χ1) is 12.3. The minimum Gasteiger partial charge on any atom is -0.504 e. The molecule has 0 saturated heterocycles. The van der Waals surface area contributed by atoms with Crippen LogP contribution in [0.15, 0.2) is 42.5 Å². The number of fused-ring (bicyclic) bond motifs is 1. The summed E-state index contributed by atoms with van der Waals surface area (Å²) in [5, 5.41) is 37.2. The Kier molecular flexibility index (Phi) is 4.40. The van der Waals surface area contributed by atoms with Crippen molar-refractivity contribution in [2.24, 2.45) is 0 Å². The fraction of sp³-hybridized carbons (Fsp3) is 0.111. The van der Waals surface area contributed by atoms with E-state index < -0.39 is 29.9 Å². The third kappa shape index (κ3) is 3.39. The smallest absolute Gasteiger partial charge is 0.349 e. The number of benzene rings is 2. The summed E-state index contributed by atoms with van der Waals surface area (Å²) in [6.45, 7) is 0. The summed E-state index contributed by atoms with van der Waals surface area (Å²) in [4.78, 5) is 22.2. The summed E-state index contributed by atoms with van der Waals surface area (Å²) in [7, 11) is 0. The number of carboxylic acids is 2. The van der Waals surface area contributed by atoms with Crippen molar-refractivity contribution in [3.63, 3.8) is 0 Å². The maximum atomic E-state index is 11.6. The highest BCUT2D eigenvalue weighted by atomic mass is 16.6. The molecule has 2 aromatic rings. The number of phenols is 2. The van der Waals surface area contributed by atoms with E-state index in [1.165, 1.54) is 36.4 Å². The quantitative estimate of drug-likeness (QED) is 0.483. The van der Waals surface area contributed by atoms with Crippen LogP contribution in [-0.4, -0.2) is 38.5 Å². The number of aromatic hydroxyl groups is 2. The average Bonchev–Trinajstić information content (AvgIpc) is 2.61. The lowest BCUT2D eigenvalue weighted by atomic mass is 10.0. The Labute approximate surface area is 147 Å². The van der Waals surface area contributed by atoms with Crippen molar-refractivity contribution in [2.75, 3.05) is 0 Å². The molecule has 4 N–H and O–H groups in total. The van der Waals surface area contributed by atoms with Gasteiger partial charge in [-0.2, -0.15) is 0 Å². The standard InChI is InChI=1S/C18H14O8/c19-11-4-3-10(8-12(11)20)16-17(18(23)24)26-14-7-9(2-6-15(21)22)1-5-13(14)25-16/h1-8,16-17,19-20H,(H,21,22)(H,23,24)/b6-2+/t16-,17+/m1/s1. The van der Waals surface area contributed by atoms with Crippen molar-refractivity contribution in [1.29, 1.82) is 0 Å². The maximum absolute atomic E-state index is 11.6. The zero-order valence-electron chi connectivity index (χ0n) is 13.2. The van der Waals surface area contributed by atoms with Gasteiger partial charge in [-0.05, 0) is 35.9 Å². The Morgan fingerprint density at radius 3 is 2.35 bits per heavy atom. The van der Waals surface area contributed by atoms with Crippen LogP contribution in [0.5, 0.6) is 23.0 Å². The van der Waals surface area contributed by atoms with Crippen molar-refractivity contribution in [1.82, 2.24) is 0 Å². The van der Waals surface area contributed by atoms with E-state index in [2.05, 4.69) is 0 Å². The summed E-state index contributed by atoms with van der Waals surface area (Å²) in [6, 6.07) is 8.44. The first-order valence-electron chi connectivity index (χ1n) is 7.48. The number of carboxylic acid groups (broad SMARTS) is 2. The van der Waals surface area contributed by atoms with Crippen molar-refractivity contribution in [2.45, 2.75) is 12.2 Å².